The van der Waals surface area contributed by atoms with Crippen molar-refractivity contribution in [1.82, 2.24) is 9.97 Å². The first-order valence-corrected chi connectivity index (χ1v) is 9.13. The number of methoxy groups -OCH3 is 1. The summed E-state index contributed by atoms with van der Waals surface area (Å²) in [5, 5.41) is 6.64. The van der Waals surface area contributed by atoms with Gasteiger partial charge in [-0.3, -0.25) is 0 Å². The van der Waals surface area contributed by atoms with Gasteiger partial charge in [-0.05, 0) is 36.6 Å². The third-order valence-corrected chi connectivity index (χ3v) is 4.34. The van der Waals surface area contributed by atoms with Crippen molar-refractivity contribution in [3.05, 3.63) is 71.4 Å². The lowest BCUT2D eigenvalue weighted by Gasteiger charge is -2.12. The zero-order valence-corrected chi connectivity index (χ0v) is 16.3. The number of hydrogen-bond acceptors (Lipinski definition) is 5. The average molecular weight is 362 g/mol. The van der Waals surface area contributed by atoms with Crippen LogP contribution in [0.3, 0.4) is 0 Å². The molecule has 0 bridgehead atoms. The number of nitrogens with one attached hydrogen (secondary N) is 2. The highest BCUT2D eigenvalue weighted by molar-refractivity contribution is 5.56. The van der Waals surface area contributed by atoms with Crippen LogP contribution in [0.5, 0.6) is 5.75 Å². The van der Waals surface area contributed by atoms with Gasteiger partial charge in [-0.2, -0.15) is 4.98 Å². The second-order valence-electron chi connectivity index (χ2n) is 6.79. The van der Waals surface area contributed by atoms with E-state index < -0.39 is 0 Å². The van der Waals surface area contributed by atoms with E-state index >= 15 is 0 Å². The molecule has 1 aromatic heterocycles. The second-order valence-corrected chi connectivity index (χ2v) is 6.79. The van der Waals surface area contributed by atoms with Gasteiger partial charge in [0.2, 0.25) is 5.95 Å². The maximum atomic E-state index is 5.40. The standard InChI is InChI=1S/C22H26N4O/c1-15(2)17-9-11-19(12-10-17)25-22-24-16(3)13-21(26-22)23-14-18-7-5-6-8-20(18)27-4/h5-13,15H,14H2,1-4H3,(H2,23,24,25,26). The van der Waals surface area contributed by atoms with E-state index in [0.29, 0.717) is 18.4 Å². The van der Waals surface area contributed by atoms with E-state index in [0.717, 1.165) is 28.5 Å². The molecule has 0 aliphatic rings. The van der Waals surface area contributed by atoms with Crippen LogP contribution in [0.15, 0.2) is 54.6 Å². The molecule has 0 saturated heterocycles. The third kappa shape index (κ3) is 4.97. The topological polar surface area (TPSA) is 59.1 Å². The number of ether oxygens (including phenoxy) is 1. The van der Waals surface area contributed by atoms with Crippen LogP contribution in [0.2, 0.25) is 0 Å². The molecule has 0 fully saturated rings. The molecule has 0 aliphatic heterocycles. The molecule has 0 aliphatic carbocycles. The number of anilines is 3. The molecule has 3 rings (SSSR count). The summed E-state index contributed by atoms with van der Waals surface area (Å²) in [6.45, 7) is 6.96. The summed E-state index contributed by atoms with van der Waals surface area (Å²) in [6, 6.07) is 18.3. The van der Waals surface area contributed by atoms with Crippen molar-refractivity contribution in [2.45, 2.75) is 33.2 Å². The van der Waals surface area contributed by atoms with Crippen molar-refractivity contribution in [2.24, 2.45) is 0 Å². The summed E-state index contributed by atoms with van der Waals surface area (Å²) >= 11 is 0. The molecule has 1 heterocycles. The Hall–Kier alpha value is -3.08. The van der Waals surface area contributed by atoms with Gasteiger partial charge in [-0.25, -0.2) is 4.98 Å². The summed E-state index contributed by atoms with van der Waals surface area (Å²) in [6.07, 6.45) is 0. The SMILES string of the molecule is COc1ccccc1CNc1cc(C)nc(Nc2ccc(C(C)C)cc2)n1. The Morgan fingerprint density at radius 3 is 2.44 bits per heavy atom. The lowest BCUT2D eigenvalue weighted by molar-refractivity contribution is 0.410. The van der Waals surface area contributed by atoms with Gasteiger partial charge in [0.05, 0.1) is 7.11 Å². The summed E-state index contributed by atoms with van der Waals surface area (Å²) < 4.78 is 5.40. The first-order chi connectivity index (χ1) is 13.0. The largest absolute Gasteiger partial charge is 0.496 e. The van der Waals surface area contributed by atoms with E-state index in [2.05, 4.69) is 58.7 Å². The summed E-state index contributed by atoms with van der Waals surface area (Å²) in [4.78, 5) is 9.07. The van der Waals surface area contributed by atoms with E-state index in [1.807, 2.05) is 37.3 Å². The predicted molar refractivity (Wildman–Crippen MR) is 111 cm³/mol. The van der Waals surface area contributed by atoms with Crippen molar-refractivity contribution in [3.8, 4) is 5.75 Å². The Balaban J connectivity index is 1.72. The van der Waals surface area contributed by atoms with Gasteiger partial charge in [0, 0.05) is 29.6 Å². The maximum Gasteiger partial charge on any atom is 0.229 e. The van der Waals surface area contributed by atoms with Crippen molar-refractivity contribution in [3.63, 3.8) is 0 Å². The van der Waals surface area contributed by atoms with Crippen LogP contribution in [0, 0.1) is 6.92 Å². The smallest absolute Gasteiger partial charge is 0.229 e. The van der Waals surface area contributed by atoms with Gasteiger partial charge in [-0.1, -0.05) is 44.2 Å². The minimum absolute atomic E-state index is 0.514. The van der Waals surface area contributed by atoms with E-state index in [4.69, 9.17) is 4.74 Å². The molecule has 2 aromatic carbocycles. The Bertz CT molecular complexity index is 891. The molecule has 5 nitrogen and oxygen atoms in total. The van der Waals surface area contributed by atoms with Crippen LogP contribution >= 0.6 is 0 Å². The van der Waals surface area contributed by atoms with Crippen molar-refractivity contribution in [1.29, 1.82) is 0 Å². The minimum Gasteiger partial charge on any atom is -0.496 e. The number of benzene rings is 2. The highest BCUT2D eigenvalue weighted by Crippen LogP contribution is 2.21. The zero-order chi connectivity index (χ0) is 19.2. The Morgan fingerprint density at radius 1 is 1.00 bits per heavy atom. The number of hydrogen-bond donors (Lipinski definition) is 2. The molecule has 0 spiro atoms. The second kappa shape index (κ2) is 8.54. The van der Waals surface area contributed by atoms with Crippen molar-refractivity contribution in [2.75, 3.05) is 17.7 Å². The first kappa shape index (κ1) is 18.7. The van der Waals surface area contributed by atoms with Crippen LogP contribution in [-0.2, 0) is 6.54 Å². The number of aryl methyl sites for hydroxylation is 1. The molecule has 0 saturated carbocycles. The fourth-order valence-corrected chi connectivity index (χ4v) is 2.83. The molecule has 0 amide bonds. The Labute approximate surface area is 160 Å². The number of rotatable bonds is 7. The molecule has 27 heavy (non-hydrogen) atoms. The average Bonchev–Trinajstić information content (AvgIpc) is 2.66. The molecule has 0 radical (unpaired) electrons. The minimum atomic E-state index is 0.514. The molecule has 5 heteroatoms. The highest BCUT2D eigenvalue weighted by Gasteiger charge is 2.06. The van der Waals surface area contributed by atoms with Crippen molar-refractivity contribution >= 4 is 17.5 Å². The van der Waals surface area contributed by atoms with Gasteiger partial charge in [0.25, 0.3) is 0 Å². The molecule has 3 aromatic rings. The molecule has 2 N–H and O–H groups in total. The van der Waals surface area contributed by atoms with Gasteiger partial charge >= 0.3 is 0 Å². The lowest BCUT2D eigenvalue weighted by Crippen LogP contribution is -2.06. The van der Waals surface area contributed by atoms with Crippen molar-refractivity contribution < 1.29 is 4.74 Å². The van der Waals surface area contributed by atoms with E-state index in [-0.39, 0.29) is 0 Å². The zero-order valence-electron chi connectivity index (χ0n) is 16.3. The maximum absolute atomic E-state index is 5.40. The third-order valence-electron chi connectivity index (χ3n) is 4.34. The fraction of sp³-hybridized carbons (Fsp3) is 0.273. The predicted octanol–water partition coefficient (Wildman–Crippen LogP) is 5.27. The van der Waals surface area contributed by atoms with Gasteiger partial charge < -0.3 is 15.4 Å². The van der Waals surface area contributed by atoms with Gasteiger partial charge in [0.1, 0.15) is 11.6 Å². The van der Waals surface area contributed by atoms with Crippen LogP contribution in [-0.4, -0.2) is 17.1 Å². The molecular formula is C22H26N4O. The summed E-state index contributed by atoms with van der Waals surface area (Å²) in [5.41, 5.74) is 4.26. The van der Waals surface area contributed by atoms with Crippen LogP contribution in [0.1, 0.15) is 36.6 Å². The Morgan fingerprint density at radius 2 is 1.74 bits per heavy atom. The Kier molecular flexibility index (Phi) is 5.91. The number of nitrogens with zero attached hydrogens (tertiary/aromatic N) is 2. The quantitative estimate of drug-likeness (QED) is 0.599. The molecule has 0 atom stereocenters. The normalized spacial score (nSPS) is 10.7. The van der Waals surface area contributed by atoms with Gasteiger partial charge in [0.15, 0.2) is 0 Å². The van der Waals surface area contributed by atoms with E-state index in [1.54, 1.807) is 7.11 Å². The fourth-order valence-electron chi connectivity index (χ4n) is 2.83. The molecule has 140 valence electrons. The molecular weight excluding hydrogens is 336 g/mol. The highest BCUT2D eigenvalue weighted by atomic mass is 16.5. The number of para-hydroxylation sites is 1. The monoisotopic (exact) mass is 362 g/mol. The van der Waals surface area contributed by atoms with Crippen LogP contribution in [0.4, 0.5) is 17.5 Å². The summed E-state index contributed by atoms with van der Waals surface area (Å²) in [5.74, 6) is 2.73. The van der Waals surface area contributed by atoms with Crippen LogP contribution in [0.25, 0.3) is 0 Å². The van der Waals surface area contributed by atoms with Crippen LogP contribution < -0.4 is 15.4 Å². The van der Waals surface area contributed by atoms with E-state index in [1.165, 1.54) is 5.56 Å². The van der Waals surface area contributed by atoms with E-state index in [9.17, 15) is 0 Å². The first-order valence-electron chi connectivity index (χ1n) is 9.13. The lowest BCUT2D eigenvalue weighted by atomic mass is 10.0. The molecule has 0 unspecified atom stereocenters. The van der Waals surface area contributed by atoms with Gasteiger partial charge in [-0.15, -0.1) is 0 Å². The number of aromatic nitrogens is 2. The summed E-state index contributed by atoms with van der Waals surface area (Å²) in [7, 11) is 1.68.